The maximum absolute atomic E-state index is 12.9. The topological polar surface area (TPSA) is 77.4 Å². The van der Waals surface area contributed by atoms with E-state index in [0.29, 0.717) is 29.0 Å². The molecular weight excluding hydrogens is 460 g/mol. The number of carbonyl (C=O) groups is 1. The van der Waals surface area contributed by atoms with E-state index in [1.54, 1.807) is 4.90 Å². The number of hydrogen-bond donors (Lipinski definition) is 0. The van der Waals surface area contributed by atoms with Crippen LogP contribution in [-0.4, -0.2) is 26.8 Å². The van der Waals surface area contributed by atoms with Crippen LogP contribution in [0, 0.1) is 0 Å². The monoisotopic (exact) mass is 484 g/mol. The Kier molecular flexibility index (Phi) is 6.63. The number of aromatic nitrogens is 3. The molecule has 0 radical (unpaired) electrons. The van der Waals surface area contributed by atoms with E-state index in [4.69, 9.17) is 9.47 Å². The lowest BCUT2D eigenvalue weighted by atomic mass is 10.1. The molecule has 1 atom stereocenters. The van der Waals surface area contributed by atoms with Crippen LogP contribution in [0.4, 0.5) is 5.69 Å². The first kappa shape index (κ1) is 22.9. The zero-order valence-corrected chi connectivity index (χ0v) is 20.2. The summed E-state index contributed by atoms with van der Waals surface area (Å²) in [6, 6.07) is 25.2. The Morgan fingerprint density at radius 3 is 2.49 bits per heavy atom. The molecule has 3 aromatic carbocycles. The molecule has 2 heterocycles. The molecule has 0 aliphatic carbocycles. The van der Waals surface area contributed by atoms with Crippen molar-refractivity contribution < 1.29 is 14.3 Å². The first-order chi connectivity index (χ1) is 17.1. The third-order valence-electron chi connectivity index (χ3n) is 5.54. The van der Waals surface area contributed by atoms with Crippen LogP contribution in [0.1, 0.15) is 31.2 Å². The number of amides is 1. The van der Waals surface area contributed by atoms with Crippen LogP contribution in [0.2, 0.25) is 0 Å². The summed E-state index contributed by atoms with van der Waals surface area (Å²) < 4.78 is 12.3. The Hall–Kier alpha value is -3.91. The van der Waals surface area contributed by atoms with Gasteiger partial charge in [0.2, 0.25) is 23.2 Å². The molecule has 1 amide bonds. The summed E-state index contributed by atoms with van der Waals surface area (Å²) in [5.41, 5.74) is 3.83. The number of para-hydroxylation sites is 1. The summed E-state index contributed by atoms with van der Waals surface area (Å²) >= 11 is 1.48. The van der Waals surface area contributed by atoms with Gasteiger partial charge in [-0.05, 0) is 41.6 Å². The molecule has 1 aliphatic rings. The molecule has 0 saturated carbocycles. The zero-order chi connectivity index (χ0) is 24.2. The molecule has 0 saturated heterocycles. The first-order valence-electron chi connectivity index (χ1n) is 11.3. The van der Waals surface area contributed by atoms with Gasteiger partial charge >= 0.3 is 0 Å². The van der Waals surface area contributed by atoms with Crippen molar-refractivity contribution in [3.8, 4) is 22.9 Å². The summed E-state index contributed by atoms with van der Waals surface area (Å²) in [4.78, 5) is 19.2. The summed E-state index contributed by atoms with van der Waals surface area (Å²) in [6.07, 6.45) is -0.728. The van der Waals surface area contributed by atoms with Crippen molar-refractivity contribution in [1.82, 2.24) is 15.2 Å². The minimum absolute atomic E-state index is 0.157. The van der Waals surface area contributed by atoms with E-state index < -0.39 is 6.23 Å². The Morgan fingerprint density at radius 1 is 1.00 bits per heavy atom. The highest BCUT2D eigenvalue weighted by Gasteiger charge is 2.34. The maximum atomic E-state index is 12.9. The van der Waals surface area contributed by atoms with Crippen LogP contribution in [0.25, 0.3) is 11.3 Å². The molecule has 8 heteroatoms. The molecule has 7 nitrogen and oxygen atoms in total. The number of rotatable bonds is 6. The van der Waals surface area contributed by atoms with Crippen molar-refractivity contribution >= 4 is 23.4 Å². The molecule has 0 N–H and O–H groups in total. The van der Waals surface area contributed by atoms with Crippen molar-refractivity contribution in [3.63, 3.8) is 0 Å². The molecule has 0 spiro atoms. The van der Waals surface area contributed by atoms with Gasteiger partial charge in [-0.15, -0.1) is 10.2 Å². The van der Waals surface area contributed by atoms with Crippen LogP contribution < -0.4 is 14.4 Å². The average molecular weight is 485 g/mol. The van der Waals surface area contributed by atoms with E-state index in [0.717, 1.165) is 28.2 Å². The second-order valence-electron chi connectivity index (χ2n) is 7.90. The fourth-order valence-corrected chi connectivity index (χ4v) is 4.43. The largest absolute Gasteiger partial charge is 0.489 e. The van der Waals surface area contributed by atoms with Crippen LogP contribution in [-0.2, 0) is 11.4 Å². The van der Waals surface area contributed by atoms with Gasteiger partial charge in [0.15, 0.2) is 5.69 Å². The highest BCUT2D eigenvalue weighted by atomic mass is 32.2. The van der Waals surface area contributed by atoms with Crippen molar-refractivity contribution in [3.05, 3.63) is 90.0 Å². The lowest BCUT2D eigenvalue weighted by Crippen LogP contribution is -2.36. The van der Waals surface area contributed by atoms with Gasteiger partial charge in [0.25, 0.3) is 0 Å². The van der Waals surface area contributed by atoms with E-state index in [-0.39, 0.29) is 5.91 Å². The van der Waals surface area contributed by atoms with Gasteiger partial charge in [0.05, 0.1) is 5.69 Å². The minimum atomic E-state index is -0.728. The summed E-state index contributed by atoms with van der Waals surface area (Å²) in [6.45, 7) is 4.02. The lowest BCUT2D eigenvalue weighted by molar-refractivity contribution is -0.118. The first-order valence-corrected chi connectivity index (χ1v) is 12.3. The van der Waals surface area contributed by atoms with Gasteiger partial charge in [0, 0.05) is 18.1 Å². The standard InChI is InChI=1S/C27H24N4O3S/c1-3-35-27-28-25-24(29-30-27)22-11-7-8-12-23(22)31(18(2)32)26(34-25)20-13-15-21(16-14-20)33-17-19-9-5-4-6-10-19/h4-16,26H,3,17H2,1-2H3/t26-/m1/s1. The highest BCUT2D eigenvalue weighted by molar-refractivity contribution is 7.99. The Labute approximate surface area is 208 Å². The Morgan fingerprint density at radius 2 is 1.74 bits per heavy atom. The molecule has 0 bridgehead atoms. The molecule has 1 aromatic heterocycles. The van der Waals surface area contributed by atoms with E-state index in [2.05, 4.69) is 15.2 Å². The zero-order valence-electron chi connectivity index (χ0n) is 19.4. The highest BCUT2D eigenvalue weighted by Crippen LogP contribution is 2.43. The molecule has 1 aliphatic heterocycles. The number of thioether (sulfide) groups is 1. The summed E-state index contributed by atoms with van der Waals surface area (Å²) in [5, 5.41) is 9.19. The number of hydrogen-bond acceptors (Lipinski definition) is 7. The third kappa shape index (κ3) is 4.83. The van der Waals surface area contributed by atoms with Crippen LogP contribution in [0.15, 0.2) is 84.0 Å². The summed E-state index contributed by atoms with van der Waals surface area (Å²) in [7, 11) is 0. The number of anilines is 1. The number of nitrogens with zero attached hydrogens (tertiary/aromatic N) is 4. The quantitative estimate of drug-likeness (QED) is 0.326. The van der Waals surface area contributed by atoms with E-state index in [1.807, 2.05) is 85.8 Å². The number of ether oxygens (including phenoxy) is 2. The fourth-order valence-electron chi connectivity index (χ4n) is 3.93. The van der Waals surface area contributed by atoms with E-state index >= 15 is 0 Å². The van der Waals surface area contributed by atoms with Crippen molar-refractivity contribution in [2.45, 2.75) is 31.8 Å². The predicted octanol–water partition coefficient (Wildman–Crippen LogP) is 5.67. The molecule has 5 rings (SSSR count). The van der Waals surface area contributed by atoms with Gasteiger partial charge in [0.1, 0.15) is 12.4 Å². The van der Waals surface area contributed by atoms with Crippen LogP contribution >= 0.6 is 11.8 Å². The molecular formula is C27H24N4O3S. The molecule has 0 unspecified atom stereocenters. The Balaban J connectivity index is 1.51. The van der Waals surface area contributed by atoms with E-state index in [1.165, 1.54) is 18.7 Å². The molecule has 35 heavy (non-hydrogen) atoms. The smallest absolute Gasteiger partial charge is 0.247 e. The third-order valence-corrected chi connectivity index (χ3v) is 6.26. The van der Waals surface area contributed by atoms with E-state index in [9.17, 15) is 4.79 Å². The summed E-state index contributed by atoms with van der Waals surface area (Å²) in [5.74, 6) is 1.73. The van der Waals surface area contributed by atoms with Gasteiger partial charge in [-0.3, -0.25) is 9.69 Å². The number of benzene rings is 3. The number of carbonyl (C=O) groups excluding carboxylic acids is 1. The second-order valence-corrected chi connectivity index (χ2v) is 9.13. The maximum Gasteiger partial charge on any atom is 0.247 e. The van der Waals surface area contributed by atoms with Gasteiger partial charge in [-0.25, -0.2) is 0 Å². The number of fused-ring (bicyclic) bond motifs is 3. The van der Waals surface area contributed by atoms with Crippen molar-refractivity contribution in [1.29, 1.82) is 0 Å². The van der Waals surface area contributed by atoms with Crippen molar-refractivity contribution in [2.24, 2.45) is 0 Å². The fraction of sp³-hybridized carbons (Fsp3) is 0.185. The average Bonchev–Trinajstić information content (AvgIpc) is 3.03. The van der Waals surface area contributed by atoms with Gasteiger partial charge in [-0.1, -0.05) is 67.2 Å². The van der Waals surface area contributed by atoms with Crippen LogP contribution in [0.5, 0.6) is 11.6 Å². The molecule has 4 aromatic rings. The Bertz CT molecular complexity index is 1330. The minimum Gasteiger partial charge on any atom is -0.489 e. The van der Waals surface area contributed by atoms with Gasteiger partial charge in [-0.2, -0.15) is 4.98 Å². The lowest BCUT2D eigenvalue weighted by Gasteiger charge is -2.30. The molecule has 176 valence electrons. The van der Waals surface area contributed by atoms with Gasteiger partial charge < -0.3 is 9.47 Å². The predicted molar refractivity (Wildman–Crippen MR) is 135 cm³/mol. The molecule has 0 fully saturated rings. The second kappa shape index (κ2) is 10.1. The normalized spacial score (nSPS) is 14.3. The van der Waals surface area contributed by atoms with Crippen LogP contribution in [0.3, 0.4) is 0 Å². The van der Waals surface area contributed by atoms with Crippen molar-refractivity contribution in [2.75, 3.05) is 10.7 Å². The SMILES string of the molecule is CCSc1nnc2c(n1)O[C@H](c1ccc(OCc3ccccc3)cc1)N(C(C)=O)c1ccccc1-2.